The molecular weight excluding hydrogens is 538 g/mol. The molecule has 1 aliphatic heterocycles. The Balaban J connectivity index is 1.42. The van der Waals surface area contributed by atoms with Crippen molar-refractivity contribution in [1.29, 1.82) is 0 Å². The molecule has 5 rings (SSSR count). The number of anilines is 3. The summed E-state index contributed by atoms with van der Waals surface area (Å²) in [6, 6.07) is 10.6. The minimum atomic E-state index is -1.07. The molecule has 2 aromatic carbocycles. The predicted octanol–water partition coefficient (Wildman–Crippen LogP) is 4.61. The molecule has 2 aliphatic rings. The summed E-state index contributed by atoms with van der Waals surface area (Å²) >= 11 is 7.59. The molecule has 0 saturated heterocycles. The van der Waals surface area contributed by atoms with Crippen molar-refractivity contribution in [2.45, 2.75) is 32.6 Å². The van der Waals surface area contributed by atoms with E-state index in [4.69, 9.17) is 11.6 Å². The first-order valence-corrected chi connectivity index (χ1v) is 13.7. The number of nitrogens with one attached hydrogen (secondary N) is 2. The zero-order valence-electron chi connectivity index (χ0n) is 21.3. The van der Waals surface area contributed by atoms with Crippen LogP contribution in [0.5, 0.6) is 5.88 Å². The molecule has 4 N–H and O–H groups in total. The van der Waals surface area contributed by atoms with Gasteiger partial charge in [0.15, 0.2) is 5.13 Å². The molecule has 1 amide bonds. The first-order chi connectivity index (χ1) is 18.8. The van der Waals surface area contributed by atoms with Gasteiger partial charge in [0.2, 0.25) is 11.8 Å². The van der Waals surface area contributed by atoms with E-state index < -0.39 is 5.97 Å². The smallest absolute Gasteiger partial charge is 0.339 e. The largest absolute Gasteiger partial charge is 0.492 e. The number of allylic oxidation sites excluding steroid dienone is 1. The number of carbonyl (C=O) groups is 2. The second-order valence-electron chi connectivity index (χ2n) is 9.23. The topological polar surface area (TPSA) is 136 Å². The highest BCUT2D eigenvalue weighted by Crippen LogP contribution is 2.35. The minimum Gasteiger partial charge on any atom is -0.492 e. The van der Waals surface area contributed by atoms with Crippen molar-refractivity contribution >= 4 is 63.1 Å². The van der Waals surface area contributed by atoms with E-state index in [1.807, 2.05) is 13.0 Å². The zero-order chi connectivity index (χ0) is 27.7. The van der Waals surface area contributed by atoms with Crippen LogP contribution in [0.1, 0.15) is 43.0 Å². The van der Waals surface area contributed by atoms with Crippen molar-refractivity contribution < 1.29 is 19.8 Å². The van der Waals surface area contributed by atoms with Gasteiger partial charge in [0.1, 0.15) is 5.57 Å². The molecule has 0 unspecified atom stereocenters. The van der Waals surface area contributed by atoms with E-state index in [0.717, 1.165) is 24.5 Å². The molecule has 11 heteroatoms. The number of hydrogen-bond acceptors (Lipinski definition) is 8. The van der Waals surface area contributed by atoms with Crippen LogP contribution in [-0.2, 0) is 9.59 Å². The lowest BCUT2D eigenvalue weighted by Gasteiger charge is -2.24. The molecule has 9 nitrogen and oxygen atoms in total. The van der Waals surface area contributed by atoms with E-state index in [1.54, 1.807) is 43.5 Å². The van der Waals surface area contributed by atoms with Gasteiger partial charge in [-0.15, -0.1) is 0 Å². The van der Waals surface area contributed by atoms with E-state index in [-0.39, 0.29) is 23.3 Å². The fraction of sp³-hybridized carbons (Fsp3) is 0.250. The lowest BCUT2D eigenvalue weighted by Crippen LogP contribution is -2.29. The predicted molar refractivity (Wildman–Crippen MR) is 153 cm³/mol. The van der Waals surface area contributed by atoms with Crippen LogP contribution in [0.2, 0.25) is 5.02 Å². The van der Waals surface area contributed by atoms with Crippen LogP contribution in [0, 0.1) is 5.92 Å². The number of thiazole rings is 1. The highest BCUT2D eigenvalue weighted by Gasteiger charge is 2.26. The average Bonchev–Trinajstić information content (AvgIpc) is 3.21. The third-order valence-corrected chi connectivity index (χ3v) is 7.95. The summed E-state index contributed by atoms with van der Waals surface area (Å²) in [6.07, 6.45) is 5.11. The maximum Gasteiger partial charge on any atom is 0.339 e. The van der Waals surface area contributed by atoms with E-state index in [9.17, 15) is 19.8 Å². The number of carbonyl (C=O) groups excluding carboxylic acids is 1. The molecule has 1 saturated carbocycles. The zero-order valence-corrected chi connectivity index (χ0v) is 22.9. The van der Waals surface area contributed by atoms with Crippen molar-refractivity contribution in [2.24, 2.45) is 15.9 Å². The molecule has 1 aliphatic carbocycles. The van der Waals surface area contributed by atoms with Gasteiger partial charge in [-0.3, -0.25) is 14.8 Å². The van der Waals surface area contributed by atoms with E-state index >= 15 is 0 Å². The molecule has 200 valence electrons. The van der Waals surface area contributed by atoms with Crippen LogP contribution >= 0.6 is 22.9 Å². The number of nitrogens with zero attached hydrogens (tertiary/aromatic N) is 3. The minimum absolute atomic E-state index is 0.00399. The summed E-state index contributed by atoms with van der Waals surface area (Å²) in [5.41, 5.74) is 2.72. The maximum atomic E-state index is 12.3. The number of hydrogen-bond donors (Lipinski definition) is 4. The third-order valence-electron chi connectivity index (χ3n) is 6.71. The molecule has 0 atom stereocenters. The summed E-state index contributed by atoms with van der Waals surface area (Å²) < 4.78 is 0. The van der Waals surface area contributed by atoms with Gasteiger partial charge in [-0.1, -0.05) is 42.3 Å². The monoisotopic (exact) mass is 563 g/mol. The molecular formula is C28H26ClN5O4S. The van der Waals surface area contributed by atoms with Crippen molar-refractivity contribution in [3.63, 3.8) is 0 Å². The number of aromatic nitrogens is 1. The van der Waals surface area contributed by atoms with E-state index in [2.05, 4.69) is 25.6 Å². The Bertz CT molecular complexity index is 1670. The Hall–Kier alpha value is -4.02. The number of benzene rings is 2. The van der Waals surface area contributed by atoms with Crippen molar-refractivity contribution in [3.8, 4) is 5.88 Å². The number of halogens is 1. The second kappa shape index (κ2) is 11.0. The van der Waals surface area contributed by atoms with Gasteiger partial charge in [-0.2, -0.15) is 4.98 Å². The number of fused-ring (bicyclic) bond motifs is 1. The SMILES string of the molecule is CCC1=C(C(=O)O)C(=NC)c2cc(=Cc3sc(Nc4cc(NC(=O)C5CCC5)ccc4Cl)nc3O)ccc2=N1. The number of rotatable bonds is 7. The fourth-order valence-corrected chi connectivity index (χ4v) is 5.47. The average molecular weight is 564 g/mol. The molecule has 1 fully saturated rings. The number of carboxylic acids is 1. The van der Waals surface area contributed by atoms with Gasteiger partial charge < -0.3 is 20.8 Å². The Kier molecular flexibility index (Phi) is 7.49. The quantitative estimate of drug-likeness (QED) is 0.331. The Morgan fingerprint density at radius 1 is 1.23 bits per heavy atom. The van der Waals surface area contributed by atoms with E-state index in [1.165, 1.54) is 11.3 Å². The molecule has 3 aromatic rings. The van der Waals surface area contributed by atoms with Crippen LogP contribution in [0.25, 0.3) is 6.08 Å². The van der Waals surface area contributed by atoms with Crippen LogP contribution in [0.4, 0.5) is 16.5 Å². The van der Waals surface area contributed by atoms with Crippen molar-refractivity contribution in [2.75, 3.05) is 17.7 Å². The normalized spacial score (nSPS) is 16.5. The molecule has 0 radical (unpaired) electrons. The van der Waals surface area contributed by atoms with Crippen molar-refractivity contribution in [3.05, 3.63) is 73.7 Å². The van der Waals surface area contributed by atoms with Gasteiger partial charge in [-0.25, -0.2) is 4.79 Å². The Morgan fingerprint density at radius 3 is 2.69 bits per heavy atom. The van der Waals surface area contributed by atoms with Crippen LogP contribution < -0.4 is 21.2 Å². The van der Waals surface area contributed by atoms with Gasteiger partial charge in [0.25, 0.3) is 0 Å². The Morgan fingerprint density at radius 2 is 2.03 bits per heavy atom. The first-order valence-electron chi connectivity index (χ1n) is 12.5. The molecule has 0 spiro atoms. The lowest BCUT2D eigenvalue weighted by atomic mass is 9.85. The number of aliphatic imine (C=N–C) groups is 1. The van der Waals surface area contributed by atoms with E-state index in [0.29, 0.717) is 55.2 Å². The number of carboxylic acid groups (broad SMARTS) is 1. The Labute approximate surface area is 233 Å². The van der Waals surface area contributed by atoms with Crippen LogP contribution in [-0.4, -0.2) is 39.8 Å². The first kappa shape index (κ1) is 26.6. The molecule has 0 bridgehead atoms. The van der Waals surface area contributed by atoms with Gasteiger partial charge >= 0.3 is 5.97 Å². The second-order valence-corrected chi connectivity index (χ2v) is 10.7. The third kappa shape index (κ3) is 5.43. The summed E-state index contributed by atoms with van der Waals surface area (Å²) in [5.74, 6) is -1.18. The summed E-state index contributed by atoms with van der Waals surface area (Å²) in [6.45, 7) is 1.86. The number of aliphatic carboxylic acids is 1. The fourth-order valence-electron chi connectivity index (χ4n) is 4.47. The lowest BCUT2D eigenvalue weighted by molar-refractivity contribution is -0.132. The van der Waals surface area contributed by atoms with Gasteiger partial charge in [0, 0.05) is 24.2 Å². The summed E-state index contributed by atoms with van der Waals surface area (Å²) in [7, 11) is 1.56. The standard InChI is InChI=1S/C28H26ClN5O4S/c1-3-19-23(27(37)38)24(30-2)17-11-14(7-10-20(17)32-19)12-22-26(36)34-28(39-22)33-21-13-16(8-9-18(21)29)31-25(35)15-5-4-6-15/h7-13,15,36H,3-6H2,1-2H3,(H,31,35)(H,33,34)(H,37,38). The van der Waals surface area contributed by atoms with Crippen LogP contribution in [0.15, 0.2) is 57.7 Å². The molecule has 2 heterocycles. The van der Waals surface area contributed by atoms with Gasteiger partial charge in [0.05, 0.1) is 32.4 Å². The number of amides is 1. The van der Waals surface area contributed by atoms with Crippen molar-refractivity contribution in [1.82, 2.24) is 4.98 Å². The summed E-state index contributed by atoms with van der Waals surface area (Å²) in [5, 5.41) is 28.6. The summed E-state index contributed by atoms with van der Waals surface area (Å²) in [4.78, 5) is 37.8. The van der Waals surface area contributed by atoms with Crippen LogP contribution in [0.3, 0.4) is 0 Å². The highest BCUT2D eigenvalue weighted by molar-refractivity contribution is 7.16. The molecule has 1 aromatic heterocycles. The maximum absolute atomic E-state index is 12.3. The highest BCUT2D eigenvalue weighted by atomic mass is 35.5. The number of aromatic hydroxyl groups is 1. The molecule has 39 heavy (non-hydrogen) atoms. The van der Waals surface area contributed by atoms with Gasteiger partial charge in [-0.05, 0) is 60.9 Å².